The molecular formula is C13H17N3OS. The highest BCUT2D eigenvalue weighted by atomic mass is 32.1. The van der Waals surface area contributed by atoms with Crippen molar-refractivity contribution in [3.05, 3.63) is 33.8 Å². The Morgan fingerprint density at radius 1 is 1.33 bits per heavy atom. The minimum Gasteiger partial charge on any atom is -0.495 e. The summed E-state index contributed by atoms with van der Waals surface area (Å²) in [6.45, 7) is 4.24. The minimum absolute atomic E-state index is 0.428. The Bertz CT molecular complexity index is 537. The first kappa shape index (κ1) is 12.8. The molecule has 0 unspecified atom stereocenters. The van der Waals surface area contributed by atoms with Crippen LogP contribution in [0.2, 0.25) is 0 Å². The molecule has 0 radical (unpaired) electrons. The lowest BCUT2D eigenvalue weighted by Crippen LogP contribution is -1.95. The van der Waals surface area contributed by atoms with Crippen LogP contribution in [0.1, 0.15) is 35.3 Å². The Morgan fingerprint density at radius 2 is 2.11 bits per heavy atom. The van der Waals surface area contributed by atoms with E-state index in [-0.39, 0.29) is 0 Å². The lowest BCUT2D eigenvalue weighted by atomic mass is 10.1. The molecule has 0 fully saturated rings. The van der Waals surface area contributed by atoms with Gasteiger partial charge in [0.05, 0.1) is 12.8 Å². The number of anilines is 1. The van der Waals surface area contributed by atoms with Crippen LogP contribution in [0.25, 0.3) is 0 Å². The maximum Gasteiger partial charge on any atom is 0.141 e. The summed E-state index contributed by atoms with van der Waals surface area (Å²) in [5.41, 5.74) is 7.66. The Balaban J connectivity index is 2.15. The number of nitrogen functional groups attached to an aromatic ring is 1. The summed E-state index contributed by atoms with van der Waals surface area (Å²) in [5.74, 6) is 1.14. The number of hydrogen-bond donors (Lipinski definition) is 1. The summed E-state index contributed by atoms with van der Waals surface area (Å²) in [4.78, 5) is 0. The van der Waals surface area contributed by atoms with Gasteiger partial charge in [-0.25, -0.2) is 0 Å². The second kappa shape index (κ2) is 5.35. The van der Waals surface area contributed by atoms with E-state index in [1.807, 2.05) is 18.2 Å². The van der Waals surface area contributed by atoms with E-state index in [0.717, 1.165) is 22.0 Å². The molecule has 0 bridgehead atoms. The average Bonchev–Trinajstić information content (AvgIpc) is 2.78. The second-order valence-electron chi connectivity index (χ2n) is 4.44. The van der Waals surface area contributed by atoms with Gasteiger partial charge in [-0.1, -0.05) is 19.9 Å². The fraction of sp³-hybridized carbons (Fsp3) is 0.385. The molecule has 1 heterocycles. The highest BCUT2D eigenvalue weighted by Crippen LogP contribution is 2.25. The third-order valence-corrected chi connectivity index (χ3v) is 3.85. The number of hydrogen-bond acceptors (Lipinski definition) is 5. The van der Waals surface area contributed by atoms with Gasteiger partial charge in [0, 0.05) is 12.3 Å². The average molecular weight is 263 g/mol. The van der Waals surface area contributed by atoms with Crippen LogP contribution in [0.5, 0.6) is 5.75 Å². The molecule has 0 atom stereocenters. The van der Waals surface area contributed by atoms with Crippen molar-refractivity contribution >= 4 is 17.0 Å². The Labute approximate surface area is 111 Å². The van der Waals surface area contributed by atoms with Crippen molar-refractivity contribution in [1.29, 1.82) is 0 Å². The molecule has 0 saturated heterocycles. The molecule has 2 aromatic rings. The van der Waals surface area contributed by atoms with Gasteiger partial charge in [0.2, 0.25) is 0 Å². The van der Waals surface area contributed by atoms with Crippen LogP contribution in [-0.2, 0) is 6.42 Å². The minimum atomic E-state index is 0.428. The van der Waals surface area contributed by atoms with Gasteiger partial charge in [-0.3, -0.25) is 0 Å². The lowest BCUT2D eigenvalue weighted by Gasteiger charge is -2.05. The molecule has 2 N–H and O–H groups in total. The monoisotopic (exact) mass is 263 g/mol. The molecule has 0 aliphatic carbocycles. The molecule has 0 spiro atoms. The predicted octanol–water partition coefficient (Wildman–Crippen LogP) is 2.84. The molecular weight excluding hydrogens is 246 g/mol. The van der Waals surface area contributed by atoms with E-state index in [1.54, 1.807) is 18.4 Å². The molecule has 0 aliphatic rings. The van der Waals surface area contributed by atoms with Gasteiger partial charge in [-0.2, -0.15) is 0 Å². The predicted molar refractivity (Wildman–Crippen MR) is 74.2 cm³/mol. The Morgan fingerprint density at radius 3 is 2.67 bits per heavy atom. The van der Waals surface area contributed by atoms with Gasteiger partial charge in [0.25, 0.3) is 0 Å². The topological polar surface area (TPSA) is 61.0 Å². The number of benzene rings is 1. The lowest BCUT2D eigenvalue weighted by molar-refractivity contribution is 0.417. The first-order chi connectivity index (χ1) is 8.60. The summed E-state index contributed by atoms with van der Waals surface area (Å²) < 4.78 is 5.14. The summed E-state index contributed by atoms with van der Waals surface area (Å²) in [6, 6.07) is 5.82. The standard InChI is InChI=1S/C13H17N3OS/c1-8(2)13-16-15-12(18-13)7-9-4-5-11(17-3)10(14)6-9/h4-6,8H,7,14H2,1-3H3. The van der Waals surface area contributed by atoms with Crippen molar-refractivity contribution in [2.75, 3.05) is 12.8 Å². The molecule has 0 aliphatic heterocycles. The number of nitrogens with zero attached hydrogens (tertiary/aromatic N) is 2. The van der Waals surface area contributed by atoms with Crippen molar-refractivity contribution in [1.82, 2.24) is 10.2 Å². The molecule has 2 rings (SSSR count). The quantitative estimate of drug-likeness (QED) is 0.862. The van der Waals surface area contributed by atoms with Crippen LogP contribution in [-0.4, -0.2) is 17.3 Å². The third kappa shape index (κ3) is 2.79. The van der Waals surface area contributed by atoms with E-state index >= 15 is 0 Å². The fourth-order valence-corrected chi connectivity index (χ4v) is 2.52. The molecule has 1 aromatic carbocycles. The number of aromatic nitrogens is 2. The zero-order valence-electron chi connectivity index (χ0n) is 10.8. The van der Waals surface area contributed by atoms with Crippen molar-refractivity contribution in [3.8, 4) is 5.75 Å². The van der Waals surface area contributed by atoms with E-state index < -0.39 is 0 Å². The van der Waals surface area contributed by atoms with E-state index in [9.17, 15) is 0 Å². The number of methoxy groups -OCH3 is 1. The fourth-order valence-electron chi connectivity index (χ4n) is 1.64. The SMILES string of the molecule is COc1ccc(Cc2nnc(C(C)C)s2)cc1N. The van der Waals surface area contributed by atoms with Crippen LogP contribution in [0, 0.1) is 0 Å². The highest BCUT2D eigenvalue weighted by molar-refractivity contribution is 7.11. The maximum absolute atomic E-state index is 5.88. The van der Waals surface area contributed by atoms with Crippen LogP contribution >= 0.6 is 11.3 Å². The van der Waals surface area contributed by atoms with Crippen molar-refractivity contribution in [3.63, 3.8) is 0 Å². The summed E-state index contributed by atoms with van der Waals surface area (Å²) in [7, 11) is 1.62. The van der Waals surface area contributed by atoms with Gasteiger partial charge >= 0.3 is 0 Å². The summed E-state index contributed by atoms with van der Waals surface area (Å²) in [6.07, 6.45) is 0.762. The first-order valence-electron chi connectivity index (χ1n) is 5.85. The van der Waals surface area contributed by atoms with Crippen LogP contribution < -0.4 is 10.5 Å². The maximum atomic E-state index is 5.88. The number of rotatable bonds is 4. The zero-order valence-corrected chi connectivity index (χ0v) is 11.6. The molecule has 5 heteroatoms. The van der Waals surface area contributed by atoms with Gasteiger partial charge in [-0.05, 0) is 17.7 Å². The van der Waals surface area contributed by atoms with E-state index in [2.05, 4.69) is 24.0 Å². The van der Waals surface area contributed by atoms with E-state index in [1.165, 1.54) is 0 Å². The molecule has 4 nitrogen and oxygen atoms in total. The highest BCUT2D eigenvalue weighted by Gasteiger charge is 2.09. The Kier molecular flexibility index (Phi) is 3.81. The van der Waals surface area contributed by atoms with Gasteiger partial charge in [-0.15, -0.1) is 21.5 Å². The van der Waals surface area contributed by atoms with Crippen LogP contribution in [0.15, 0.2) is 18.2 Å². The van der Waals surface area contributed by atoms with Crippen LogP contribution in [0.3, 0.4) is 0 Å². The van der Waals surface area contributed by atoms with E-state index in [4.69, 9.17) is 10.5 Å². The molecule has 0 amide bonds. The molecule has 1 aromatic heterocycles. The largest absolute Gasteiger partial charge is 0.495 e. The normalized spacial score (nSPS) is 10.9. The third-order valence-electron chi connectivity index (χ3n) is 2.63. The second-order valence-corrected chi connectivity index (χ2v) is 5.54. The molecule has 96 valence electrons. The number of ether oxygens (including phenoxy) is 1. The zero-order chi connectivity index (χ0) is 13.1. The molecule has 18 heavy (non-hydrogen) atoms. The van der Waals surface area contributed by atoms with Crippen molar-refractivity contribution in [2.24, 2.45) is 0 Å². The van der Waals surface area contributed by atoms with Crippen molar-refractivity contribution < 1.29 is 4.74 Å². The number of nitrogens with two attached hydrogens (primary N) is 1. The van der Waals surface area contributed by atoms with Gasteiger partial charge < -0.3 is 10.5 Å². The summed E-state index contributed by atoms with van der Waals surface area (Å²) >= 11 is 1.66. The Hall–Kier alpha value is -1.62. The smallest absolute Gasteiger partial charge is 0.141 e. The first-order valence-corrected chi connectivity index (χ1v) is 6.66. The van der Waals surface area contributed by atoms with Gasteiger partial charge in [0.1, 0.15) is 15.8 Å². The summed E-state index contributed by atoms with van der Waals surface area (Å²) in [5, 5.41) is 10.5. The van der Waals surface area contributed by atoms with Crippen LogP contribution in [0.4, 0.5) is 5.69 Å². The van der Waals surface area contributed by atoms with Crippen molar-refractivity contribution in [2.45, 2.75) is 26.2 Å². The van der Waals surface area contributed by atoms with E-state index in [0.29, 0.717) is 17.4 Å². The van der Waals surface area contributed by atoms with Gasteiger partial charge in [0.15, 0.2) is 0 Å². The molecule has 0 saturated carbocycles.